The van der Waals surface area contributed by atoms with Crippen LogP contribution in [0, 0.1) is 12.7 Å². The van der Waals surface area contributed by atoms with E-state index in [2.05, 4.69) is 22.3 Å². The number of halogens is 1. The van der Waals surface area contributed by atoms with E-state index in [0.717, 1.165) is 55.2 Å². The molecule has 33 heavy (non-hydrogen) atoms. The molecule has 172 valence electrons. The molecule has 1 saturated heterocycles. The van der Waals surface area contributed by atoms with Gasteiger partial charge in [-0.25, -0.2) is 4.39 Å². The van der Waals surface area contributed by atoms with Gasteiger partial charge in [0.1, 0.15) is 11.6 Å². The number of carbonyl (C=O) groups excluding carboxylic acids is 1. The molecule has 6 heteroatoms. The van der Waals surface area contributed by atoms with Gasteiger partial charge in [0, 0.05) is 24.7 Å². The van der Waals surface area contributed by atoms with Crippen LogP contribution in [0.5, 0.6) is 5.75 Å². The number of nitrogens with one attached hydrogen (secondary N) is 1. The van der Waals surface area contributed by atoms with Crippen molar-refractivity contribution in [1.29, 1.82) is 0 Å². The molecule has 0 unspecified atom stereocenters. The highest BCUT2D eigenvalue weighted by molar-refractivity contribution is 5.95. The largest absolute Gasteiger partial charge is 0.497 e. The Bertz CT molecular complexity index is 1090. The molecule has 1 amide bonds. The third-order valence-corrected chi connectivity index (χ3v) is 6.19. The monoisotopic (exact) mass is 447 g/mol. The van der Waals surface area contributed by atoms with Crippen LogP contribution in [0.25, 0.3) is 0 Å². The fourth-order valence-corrected chi connectivity index (χ4v) is 4.35. The van der Waals surface area contributed by atoms with E-state index in [1.165, 1.54) is 17.7 Å². The van der Waals surface area contributed by atoms with Gasteiger partial charge in [0.15, 0.2) is 0 Å². The van der Waals surface area contributed by atoms with Crippen LogP contribution in [-0.2, 0) is 13.1 Å². The Morgan fingerprint density at radius 3 is 2.58 bits per heavy atom. The van der Waals surface area contributed by atoms with E-state index < -0.39 is 0 Å². The second-order valence-corrected chi connectivity index (χ2v) is 8.60. The summed E-state index contributed by atoms with van der Waals surface area (Å²) in [5.74, 6) is 0.703. The van der Waals surface area contributed by atoms with Crippen molar-refractivity contribution >= 4 is 5.91 Å². The molecule has 0 spiro atoms. The van der Waals surface area contributed by atoms with Gasteiger partial charge < -0.3 is 10.1 Å². The number of rotatable bonds is 7. The van der Waals surface area contributed by atoms with E-state index in [1.54, 1.807) is 19.2 Å². The van der Waals surface area contributed by atoms with Crippen LogP contribution in [0.1, 0.15) is 51.6 Å². The smallest absolute Gasteiger partial charge is 0.253 e. The molecular formula is C27H30FN3O2. The number of likely N-dealkylation sites (tertiary alicyclic amines) is 1. The molecule has 0 saturated carbocycles. The SMILES string of the molecule is COc1cccc(CN2CCC(c3nc(C)ccc3C(=O)NCc3ccc(F)cc3)CC2)c1. The van der Waals surface area contributed by atoms with Gasteiger partial charge in [-0.3, -0.25) is 14.7 Å². The number of hydrogen-bond acceptors (Lipinski definition) is 4. The average Bonchev–Trinajstić information content (AvgIpc) is 2.84. The highest BCUT2D eigenvalue weighted by Crippen LogP contribution is 2.30. The maximum Gasteiger partial charge on any atom is 0.253 e. The summed E-state index contributed by atoms with van der Waals surface area (Å²) in [6.07, 6.45) is 1.91. The molecular weight excluding hydrogens is 417 g/mol. The number of ether oxygens (including phenoxy) is 1. The van der Waals surface area contributed by atoms with Crippen LogP contribution in [0.15, 0.2) is 60.7 Å². The lowest BCUT2D eigenvalue weighted by molar-refractivity contribution is 0.0948. The second-order valence-electron chi connectivity index (χ2n) is 8.60. The molecule has 1 aliphatic heterocycles. The van der Waals surface area contributed by atoms with Crippen molar-refractivity contribution < 1.29 is 13.9 Å². The van der Waals surface area contributed by atoms with Crippen LogP contribution in [0.2, 0.25) is 0 Å². The quantitative estimate of drug-likeness (QED) is 0.563. The molecule has 1 aromatic heterocycles. The number of pyridine rings is 1. The number of amides is 1. The van der Waals surface area contributed by atoms with Crippen molar-refractivity contribution in [2.75, 3.05) is 20.2 Å². The average molecular weight is 448 g/mol. The first kappa shape index (κ1) is 22.9. The Morgan fingerprint density at radius 1 is 1.09 bits per heavy atom. The second kappa shape index (κ2) is 10.6. The van der Waals surface area contributed by atoms with Gasteiger partial charge >= 0.3 is 0 Å². The first-order chi connectivity index (χ1) is 16.0. The first-order valence-electron chi connectivity index (χ1n) is 11.4. The fraction of sp³-hybridized carbons (Fsp3) is 0.333. The summed E-state index contributed by atoms with van der Waals surface area (Å²) in [7, 11) is 1.69. The Morgan fingerprint density at radius 2 is 1.85 bits per heavy atom. The Labute approximate surface area is 194 Å². The Balaban J connectivity index is 1.40. The summed E-state index contributed by atoms with van der Waals surface area (Å²) in [5, 5.41) is 2.96. The number of nitrogens with zero attached hydrogens (tertiary/aromatic N) is 2. The summed E-state index contributed by atoms with van der Waals surface area (Å²) in [6.45, 7) is 5.10. The number of aromatic nitrogens is 1. The number of aryl methyl sites for hydroxylation is 1. The van der Waals surface area contributed by atoms with Crippen LogP contribution in [-0.4, -0.2) is 36.0 Å². The molecule has 3 aromatic rings. The summed E-state index contributed by atoms with van der Waals surface area (Å²) in [5.41, 5.74) is 4.53. The van der Waals surface area contributed by atoms with E-state index >= 15 is 0 Å². The lowest BCUT2D eigenvalue weighted by atomic mass is 9.89. The van der Waals surface area contributed by atoms with E-state index in [4.69, 9.17) is 9.72 Å². The number of benzene rings is 2. The minimum absolute atomic E-state index is 0.138. The Kier molecular flexibility index (Phi) is 7.35. The fourth-order valence-electron chi connectivity index (χ4n) is 4.35. The van der Waals surface area contributed by atoms with Crippen molar-refractivity contribution in [2.45, 2.75) is 38.8 Å². The Hall–Kier alpha value is -3.25. The summed E-state index contributed by atoms with van der Waals surface area (Å²) < 4.78 is 18.5. The van der Waals surface area contributed by atoms with Gasteiger partial charge in [0.05, 0.1) is 18.4 Å². The topological polar surface area (TPSA) is 54.5 Å². The van der Waals surface area contributed by atoms with E-state index in [9.17, 15) is 9.18 Å². The molecule has 0 bridgehead atoms. The van der Waals surface area contributed by atoms with Crippen molar-refractivity contribution in [3.63, 3.8) is 0 Å². The van der Waals surface area contributed by atoms with E-state index in [0.29, 0.717) is 12.1 Å². The normalized spacial score (nSPS) is 14.8. The molecule has 2 heterocycles. The van der Waals surface area contributed by atoms with Gasteiger partial charge in [0.25, 0.3) is 5.91 Å². The van der Waals surface area contributed by atoms with E-state index in [1.807, 2.05) is 31.2 Å². The molecule has 2 aromatic carbocycles. The predicted molar refractivity (Wildman–Crippen MR) is 127 cm³/mol. The van der Waals surface area contributed by atoms with Gasteiger partial charge in [-0.05, 0) is 80.4 Å². The molecule has 1 aliphatic rings. The molecule has 4 rings (SSSR count). The van der Waals surface area contributed by atoms with E-state index in [-0.39, 0.29) is 17.6 Å². The van der Waals surface area contributed by atoms with Gasteiger partial charge in [0.2, 0.25) is 0 Å². The van der Waals surface area contributed by atoms with Crippen molar-refractivity contribution in [3.05, 3.63) is 94.6 Å². The molecule has 1 N–H and O–H groups in total. The standard InChI is InChI=1S/C27H30FN3O2/c1-19-6-11-25(27(32)29-17-20-7-9-23(28)10-8-20)26(30-19)22-12-14-31(15-13-22)18-21-4-3-5-24(16-21)33-2/h3-11,16,22H,12-15,17-18H2,1-2H3,(H,29,32). The number of methoxy groups -OCH3 is 1. The lowest BCUT2D eigenvalue weighted by Gasteiger charge is -2.32. The maximum absolute atomic E-state index is 13.1. The van der Waals surface area contributed by atoms with Crippen LogP contribution >= 0.6 is 0 Å². The summed E-state index contributed by atoms with van der Waals surface area (Å²) in [4.78, 5) is 20.2. The van der Waals surface area contributed by atoms with Crippen LogP contribution in [0.4, 0.5) is 4.39 Å². The number of piperidine rings is 1. The lowest BCUT2D eigenvalue weighted by Crippen LogP contribution is -2.34. The van der Waals surface area contributed by atoms with Crippen molar-refractivity contribution in [3.8, 4) is 5.75 Å². The molecule has 0 radical (unpaired) electrons. The highest BCUT2D eigenvalue weighted by atomic mass is 19.1. The van der Waals surface area contributed by atoms with Gasteiger partial charge in [-0.1, -0.05) is 24.3 Å². The van der Waals surface area contributed by atoms with Crippen LogP contribution in [0.3, 0.4) is 0 Å². The zero-order valence-electron chi connectivity index (χ0n) is 19.2. The van der Waals surface area contributed by atoms with Gasteiger partial charge in [-0.15, -0.1) is 0 Å². The zero-order valence-corrected chi connectivity index (χ0v) is 19.2. The molecule has 0 atom stereocenters. The zero-order chi connectivity index (χ0) is 23.2. The van der Waals surface area contributed by atoms with Gasteiger partial charge in [-0.2, -0.15) is 0 Å². The first-order valence-corrected chi connectivity index (χ1v) is 11.4. The predicted octanol–water partition coefficient (Wildman–Crippen LogP) is 4.85. The third-order valence-electron chi connectivity index (χ3n) is 6.19. The van der Waals surface area contributed by atoms with Crippen LogP contribution < -0.4 is 10.1 Å². The van der Waals surface area contributed by atoms with Crippen molar-refractivity contribution in [2.24, 2.45) is 0 Å². The summed E-state index contributed by atoms with van der Waals surface area (Å²) >= 11 is 0. The maximum atomic E-state index is 13.1. The number of carbonyl (C=O) groups is 1. The van der Waals surface area contributed by atoms with Crippen molar-refractivity contribution in [1.82, 2.24) is 15.2 Å². The number of hydrogen-bond donors (Lipinski definition) is 1. The highest BCUT2D eigenvalue weighted by Gasteiger charge is 2.26. The summed E-state index contributed by atoms with van der Waals surface area (Å²) in [6, 6.07) is 18.1. The minimum Gasteiger partial charge on any atom is -0.497 e. The molecule has 0 aliphatic carbocycles. The molecule has 1 fully saturated rings. The molecule has 5 nitrogen and oxygen atoms in total. The third kappa shape index (κ3) is 5.96. The minimum atomic E-state index is -0.284.